The number of nitrogens with zero attached hydrogens (tertiary/aromatic N) is 6. The Hall–Kier alpha value is -3.26. The van der Waals surface area contributed by atoms with E-state index in [2.05, 4.69) is 40.9 Å². The lowest BCUT2D eigenvalue weighted by Gasteiger charge is -2.10. The van der Waals surface area contributed by atoms with Crippen LogP contribution >= 0.6 is 11.3 Å². The summed E-state index contributed by atoms with van der Waals surface area (Å²) in [6.45, 7) is 4.12. The maximum Gasteiger partial charge on any atom is 0.349 e. The second-order valence-electron chi connectivity index (χ2n) is 6.24. The minimum atomic E-state index is -0.542. The largest absolute Gasteiger partial charge is 0.349 e. The van der Waals surface area contributed by atoms with Crippen LogP contribution in [0.1, 0.15) is 11.1 Å². The Balaban J connectivity index is 1.86. The topological polar surface area (TPSA) is 60.6 Å². The summed E-state index contributed by atoms with van der Waals surface area (Å²) < 4.78 is 17.5. The second-order valence-corrected chi connectivity index (χ2v) is 7.17. The van der Waals surface area contributed by atoms with E-state index in [1.165, 1.54) is 0 Å². The average Bonchev–Trinajstić information content (AvgIpc) is 3.21. The monoisotopic (exact) mass is 377 g/mol. The number of fused-ring (bicyclic) bond motifs is 2. The van der Waals surface area contributed by atoms with Crippen LogP contribution in [0.2, 0.25) is 0 Å². The molecule has 0 radical (unpaired) electrons. The van der Waals surface area contributed by atoms with Crippen LogP contribution in [0.15, 0.2) is 48.8 Å². The van der Waals surface area contributed by atoms with Gasteiger partial charge in [0, 0.05) is 6.07 Å². The molecule has 0 spiro atoms. The fourth-order valence-corrected chi connectivity index (χ4v) is 3.85. The molecule has 0 aliphatic heterocycles. The third-order valence-electron chi connectivity index (χ3n) is 4.43. The van der Waals surface area contributed by atoms with Crippen molar-refractivity contribution in [2.45, 2.75) is 13.8 Å². The van der Waals surface area contributed by atoms with Gasteiger partial charge in [0.2, 0.25) is 0 Å². The third kappa shape index (κ3) is 2.48. The Morgan fingerprint density at radius 1 is 1.00 bits per heavy atom. The zero-order chi connectivity index (χ0) is 18.5. The first-order chi connectivity index (χ1) is 13.1. The lowest BCUT2D eigenvalue weighted by Crippen LogP contribution is -2.32. The zero-order valence-electron chi connectivity index (χ0n) is 14.6. The average molecular weight is 377 g/mol. The predicted molar refractivity (Wildman–Crippen MR) is 100 cm³/mol. The standard InChI is InChI=1S/C19H14FN6S/c1-11-6-5-7-12(2)15(11)26-17(23-14-8-3-4-9-25(14)26)13-10-21-18-16(22-13)24-19(20)27-18/h3-10H,1-2H3/q+1. The number of halogens is 1. The molecule has 0 saturated carbocycles. The van der Waals surface area contributed by atoms with Gasteiger partial charge >= 0.3 is 11.5 Å². The van der Waals surface area contributed by atoms with Crippen molar-refractivity contribution < 1.29 is 8.91 Å². The van der Waals surface area contributed by atoms with E-state index < -0.39 is 5.26 Å². The van der Waals surface area contributed by atoms with Gasteiger partial charge in [0.1, 0.15) is 6.20 Å². The van der Waals surface area contributed by atoms with Gasteiger partial charge in [-0.25, -0.2) is 9.97 Å². The molecule has 0 atom stereocenters. The molecule has 4 aromatic heterocycles. The van der Waals surface area contributed by atoms with Gasteiger partial charge in [-0.05, 0) is 36.0 Å². The number of thiazole rings is 1. The van der Waals surface area contributed by atoms with E-state index in [0.717, 1.165) is 33.8 Å². The van der Waals surface area contributed by atoms with E-state index >= 15 is 0 Å². The van der Waals surface area contributed by atoms with E-state index in [1.807, 2.05) is 39.7 Å². The number of para-hydroxylation sites is 1. The lowest BCUT2D eigenvalue weighted by atomic mass is 10.1. The van der Waals surface area contributed by atoms with Crippen molar-refractivity contribution in [3.05, 3.63) is 65.2 Å². The molecule has 5 rings (SSSR count). The van der Waals surface area contributed by atoms with Crippen LogP contribution in [0.5, 0.6) is 0 Å². The molecular formula is C19H14FN6S+. The molecule has 4 heterocycles. The van der Waals surface area contributed by atoms with E-state index in [0.29, 0.717) is 22.0 Å². The van der Waals surface area contributed by atoms with Gasteiger partial charge in [-0.2, -0.15) is 9.37 Å². The van der Waals surface area contributed by atoms with E-state index in [4.69, 9.17) is 4.98 Å². The van der Waals surface area contributed by atoms with Crippen LogP contribution in [0, 0.1) is 19.1 Å². The quantitative estimate of drug-likeness (QED) is 0.442. The van der Waals surface area contributed by atoms with Crippen molar-refractivity contribution in [3.63, 3.8) is 0 Å². The molecule has 0 aliphatic carbocycles. The van der Waals surface area contributed by atoms with Crippen LogP contribution in [0.25, 0.3) is 33.3 Å². The Labute approximate surface area is 157 Å². The number of rotatable bonds is 2. The van der Waals surface area contributed by atoms with E-state index in [9.17, 15) is 4.39 Å². The number of aromatic nitrogens is 6. The number of benzene rings is 1. The zero-order valence-corrected chi connectivity index (χ0v) is 15.4. The van der Waals surface area contributed by atoms with Crippen LogP contribution in [0.4, 0.5) is 4.39 Å². The van der Waals surface area contributed by atoms with Gasteiger partial charge in [0.05, 0.1) is 11.9 Å². The number of hydrogen-bond acceptors (Lipinski definition) is 5. The molecule has 1 aromatic carbocycles. The van der Waals surface area contributed by atoms with Gasteiger partial charge in [0.25, 0.3) is 5.26 Å². The Kier molecular flexibility index (Phi) is 3.48. The van der Waals surface area contributed by atoms with Crippen molar-refractivity contribution in [1.82, 2.24) is 24.6 Å². The fourth-order valence-electron chi connectivity index (χ4n) is 3.27. The molecule has 0 saturated heterocycles. The van der Waals surface area contributed by atoms with Crippen molar-refractivity contribution in [2.24, 2.45) is 0 Å². The lowest BCUT2D eigenvalue weighted by molar-refractivity contribution is -0.597. The molecular weight excluding hydrogens is 363 g/mol. The van der Waals surface area contributed by atoms with E-state index in [-0.39, 0.29) is 0 Å². The molecule has 6 nitrogen and oxygen atoms in total. The van der Waals surface area contributed by atoms with Gasteiger partial charge in [0.15, 0.2) is 16.2 Å². The van der Waals surface area contributed by atoms with Crippen molar-refractivity contribution in [1.29, 1.82) is 0 Å². The Bertz CT molecular complexity index is 1300. The summed E-state index contributed by atoms with van der Waals surface area (Å²) >= 11 is 0.883. The Morgan fingerprint density at radius 2 is 1.81 bits per heavy atom. The number of hydrogen-bond donors (Lipinski definition) is 0. The minimum Gasteiger partial charge on any atom is -0.239 e. The molecule has 0 fully saturated rings. The Morgan fingerprint density at radius 3 is 2.63 bits per heavy atom. The van der Waals surface area contributed by atoms with Crippen LogP contribution in [-0.2, 0) is 0 Å². The maximum absolute atomic E-state index is 13.5. The molecule has 0 amide bonds. The molecule has 8 heteroatoms. The molecule has 0 N–H and O–H groups in total. The molecule has 132 valence electrons. The number of pyridine rings is 1. The molecule has 0 bridgehead atoms. The van der Waals surface area contributed by atoms with Crippen LogP contribution < -0.4 is 4.52 Å². The summed E-state index contributed by atoms with van der Waals surface area (Å²) in [5.41, 5.74) is 4.86. The highest BCUT2D eigenvalue weighted by Crippen LogP contribution is 2.25. The first-order valence-corrected chi connectivity index (χ1v) is 9.19. The minimum absolute atomic E-state index is 0.292. The van der Waals surface area contributed by atoms with Gasteiger partial charge in [-0.3, -0.25) is 0 Å². The van der Waals surface area contributed by atoms with Crippen LogP contribution in [-0.4, -0.2) is 24.6 Å². The highest BCUT2D eigenvalue weighted by atomic mass is 32.1. The highest BCUT2D eigenvalue weighted by molar-refractivity contribution is 7.16. The smallest absolute Gasteiger partial charge is 0.239 e. The third-order valence-corrected chi connectivity index (χ3v) is 5.17. The summed E-state index contributed by atoms with van der Waals surface area (Å²) in [6, 6.07) is 12.0. The molecule has 5 aromatic rings. The fraction of sp³-hybridized carbons (Fsp3) is 0.105. The number of aryl methyl sites for hydroxylation is 2. The molecule has 27 heavy (non-hydrogen) atoms. The van der Waals surface area contributed by atoms with Crippen molar-refractivity contribution in [2.75, 3.05) is 0 Å². The summed E-state index contributed by atoms with van der Waals surface area (Å²) in [5, 5.41) is -0.542. The predicted octanol–water partition coefficient (Wildman–Crippen LogP) is 3.43. The summed E-state index contributed by atoms with van der Waals surface area (Å²) in [6.07, 6.45) is 3.57. The first kappa shape index (κ1) is 16.0. The summed E-state index contributed by atoms with van der Waals surface area (Å²) in [7, 11) is 0. The van der Waals surface area contributed by atoms with Gasteiger partial charge in [-0.15, -0.1) is 9.20 Å². The summed E-state index contributed by atoms with van der Waals surface area (Å²) in [5.74, 6) is 0.626. The van der Waals surface area contributed by atoms with Gasteiger partial charge < -0.3 is 0 Å². The molecule has 0 aliphatic rings. The van der Waals surface area contributed by atoms with Crippen molar-refractivity contribution >= 4 is 27.5 Å². The van der Waals surface area contributed by atoms with Gasteiger partial charge in [-0.1, -0.05) is 35.6 Å². The molecule has 0 unspecified atom stereocenters. The maximum atomic E-state index is 13.5. The van der Waals surface area contributed by atoms with Crippen LogP contribution in [0.3, 0.4) is 0 Å². The second kappa shape index (κ2) is 5.88. The first-order valence-electron chi connectivity index (χ1n) is 8.37. The SMILES string of the molecule is Cc1cccc(C)c1-n1c(-c2cnc3sc(F)nc3n2)nc2cccc[n+]21. The van der Waals surface area contributed by atoms with E-state index in [1.54, 1.807) is 6.20 Å². The van der Waals surface area contributed by atoms with Crippen molar-refractivity contribution in [3.8, 4) is 17.2 Å². The summed E-state index contributed by atoms with van der Waals surface area (Å²) in [4.78, 5) is 17.9. The highest BCUT2D eigenvalue weighted by Gasteiger charge is 2.26. The normalized spacial score (nSPS) is 11.5.